The van der Waals surface area contributed by atoms with E-state index < -0.39 is 0 Å². The predicted molar refractivity (Wildman–Crippen MR) is 19.2 cm³/mol. The molecule has 0 rings (SSSR count). The molecule has 0 spiro atoms. The van der Waals surface area contributed by atoms with Gasteiger partial charge in [0.2, 0.25) is 0 Å². The first kappa shape index (κ1) is 15.8. The van der Waals surface area contributed by atoms with Gasteiger partial charge in [-0.05, 0) is 6.19 Å². The number of rotatable bonds is 0. The molecule has 0 unspecified atom stereocenters. The van der Waals surface area contributed by atoms with Gasteiger partial charge in [-0.1, -0.05) is 6.34 Å². The molecular formula is C2H3N3NaO-. The summed E-state index contributed by atoms with van der Waals surface area (Å²) in [4.78, 5) is 2.81. The van der Waals surface area contributed by atoms with Crippen LogP contribution in [0.2, 0.25) is 0 Å². The van der Waals surface area contributed by atoms with Gasteiger partial charge in [0, 0.05) is 0 Å². The largest absolute Gasteiger partial charge is 1.00 e. The molecule has 4 nitrogen and oxygen atoms in total. The van der Waals surface area contributed by atoms with Crippen molar-refractivity contribution < 1.29 is 35.0 Å². The fourth-order valence-corrected chi connectivity index (χ4v) is 0.0289. The maximum atomic E-state index is 7.51. The predicted octanol–water partition coefficient (Wildman–Crippen LogP) is -3.84. The SMILES string of the molecule is N#CN=[C-]N.[Na+].[OH-]. The van der Waals surface area contributed by atoms with Crippen molar-refractivity contribution in [2.45, 2.75) is 0 Å². The number of nitrogens with two attached hydrogens (primary N) is 1. The molecule has 3 N–H and O–H groups in total. The minimum atomic E-state index is 0. The zero-order chi connectivity index (χ0) is 4.12. The van der Waals surface area contributed by atoms with Crippen molar-refractivity contribution in [3.63, 3.8) is 0 Å². The summed E-state index contributed by atoms with van der Waals surface area (Å²) in [6.45, 7) is 0. The van der Waals surface area contributed by atoms with Crippen LogP contribution in [0.5, 0.6) is 0 Å². The molecule has 0 saturated heterocycles. The number of nitrogens with zero attached hydrogens (tertiary/aromatic N) is 2. The Balaban J connectivity index is -0.0000000800. The molecule has 0 bridgehead atoms. The standard InChI is InChI=1S/C2H2N3.Na.H2O/c3-1-5-2-4;;/h(H2,3,5);;1H2/q-1;+1;/p-1. The summed E-state index contributed by atoms with van der Waals surface area (Å²) in [7, 11) is 0. The van der Waals surface area contributed by atoms with Crippen LogP contribution in [0.25, 0.3) is 0 Å². The number of hydrogen-bond acceptors (Lipinski definition) is 3. The fraction of sp³-hybridized carbons (Fsp3) is 0. The van der Waals surface area contributed by atoms with Gasteiger partial charge >= 0.3 is 29.6 Å². The molecule has 0 aromatic heterocycles. The monoisotopic (exact) mass is 108 g/mol. The molecule has 0 heterocycles. The van der Waals surface area contributed by atoms with Crippen LogP contribution in [0, 0.1) is 11.5 Å². The molecule has 0 fully saturated rings. The summed E-state index contributed by atoms with van der Waals surface area (Å²) < 4.78 is 0. The molecule has 0 aliphatic carbocycles. The topological polar surface area (TPSA) is 92.2 Å². The summed E-state index contributed by atoms with van der Waals surface area (Å²) in [6.07, 6.45) is 3.19. The Morgan fingerprint density at radius 2 is 2.14 bits per heavy atom. The molecular weight excluding hydrogens is 105 g/mol. The van der Waals surface area contributed by atoms with Crippen molar-refractivity contribution in [2.24, 2.45) is 10.7 Å². The van der Waals surface area contributed by atoms with Crippen LogP contribution in [-0.4, -0.2) is 11.8 Å². The smallest absolute Gasteiger partial charge is 0.870 e. The van der Waals surface area contributed by atoms with Crippen molar-refractivity contribution >= 4 is 6.34 Å². The Kier molecular flexibility index (Phi) is 37.9. The minimum absolute atomic E-state index is 0. The minimum Gasteiger partial charge on any atom is -0.870 e. The molecule has 0 radical (unpaired) electrons. The van der Waals surface area contributed by atoms with Crippen molar-refractivity contribution in [3.05, 3.63) is 0 Å². The third-order valence-corrected chi connectivity index (χ3v) is 0.115. The van der Waals surface area contributed by atoms with Gasteiger partial charge in [-0.2, -0.15) is 0 Å². The van der Waals surface area contributed by atoms with E-state index in [1.165, 1.54) is 6.19 Å². The van der Waals surface area contributed by atoms with Crippen molar-refractivity contribution in [1.29, 1.82) is 5.26 Å². The average Bonchev–Trinajstić information content (AvgIpc) is 1.41. The van der Waals surface area contributed by atoms with E-state index in [4.69, 9.17) is 5.26 Å². The summed E-state index contributed by atoms with van der Waals surface area (Å²) in [5, 5.41) is 7.51. The van der Waals surface area contributed by atoms with Crippen LogP contribution >= 0.6 is 0 Å². The molecule has 0 saturated carbocycles. The molecule has 0 aromatic rings. The van der Waals surface area contributed by atoms with Crippen LogP contribution in [0.15, 0.2) is 4.99 Å². The van der Waals surface area contributed by atoms with Gasteiger partial charge in [-0.25, -0.2) is 0 Å². The van der Waals surface area contributed by atoms with E-state index >= 15 is 0 Å². The van der Waals surface area contributed by atoms with Crippen LogP contribution in [-0.2, 0) is 0 Å². The zero-order valence-electron chi connectivity index (χ0n) is 3.92. The van der Waals surface area contributed by atoms with Gasteiger partial charge in [-0.15, -0.1) is 0 Å². The Hall–Kier alpha value is -0.0800. The van der Waals surface area contributed by atoms with Crippen LogP contribution in [0.4, 0.5) is 0 Å². The zero-order valence-corrected chi connectivity index (χ0v) is 5.92. The van der Waals surface area contributed by atoms with Crippen LogP contribution < -0.4 is 35.3 Å². The molecule has 0 aromatic carbocycles. The molecule has 34 valence electrons. The number of nitriles is 1. The first-order valence-corrected chi connectivity index (χ1v) is 0.959. The Bertz CT molecular complexity index is 75.5. The molecule has 5 heteroatoms. The van der Waals surface area contributed by atoms with E-state index in [0.29, 0.717) is 0 Å². The molecule has 0 amide bonds. The second-order valence-electron chi connectivity index (χ2n) is 0.341. The van der Waals surface area contributed by atoms with E-state index in [1.54, 1.807) is 6.34 Å². The van der Waals surface area contributed by atoms with E-state index in [9.17, 15) is 0 Å². The van der Waals surface area contributed by atoms with Crippen molar-refractivity contribution in [3.8, 4) is 6.19 Å². The van der Waals surface area contributed by atoms with Gasteiger partial charge in [0.15, 0.2) is 0 Å². The van der Waals surface area contributed by atoms with Crippen molar-refractivity contribution in [1.82, 2.24) is 0 Å². The summed E-state index contributed by atoms with van der Waals surface area (Å²) in [5.41, 5.74) is 4.50. The van der Waals surface area contributed by atoms with Gasteiger partial charge in [-0.3, -0.25) is 0 Å². The quantitative estimate of drug-likeness (QED) is 0.0859. The third kappa shape index (κ3) is 24.7. The number of hydrogen-bond donors (Lipinski definition) is 1. The first-order valence-electron chi connectivity index (χ1n) is 0.959. The average molecular weight is 108 g/mol. The molecule has 0 atom stereocenters. The number of aliphatic imine (C=N–C) groups is 1. The third-order valence-electron chi connectivity index (χ3n) is 0.115. The Labute approximate surface area is 63.6 Å². The van der Waals surface area contributed by atoms with Gasteiger partial charge in [0.25, 0.3) is 0 Å². The summed E-state index contributed by atoms with van der Waals surface area (Å²) in [5.74, 6) is 0. The second kappa shape index (κ2) is 16.8. The summed E-state index contributed by atoms with van der Waals surface area (Å²) >= 11 is 0. The maximum absolute atomic E-state index is 7.51. The van der Waals surface area contributed by atoms with E-state index in [1.807, 2.05) is 0 Å². The van der Waals surface area contributed by atoms with Crippen molar-refractivity contribution in [2.75, 3.05) is 0 Å². The van der Waals surface area contributed by atoms with Gasteiger partial charge in [0.05, 0.1) is 0 Å². The second-order valence-corrected chi connectivity index (χ2v) is 0.341. The Morgan fingerprint density at radius 1 is 1.71 bits per heavy atom. The maximum Gasteiger partial charge on any atom is 1.00 e. The van der Waals surface area contributed by atoms with Gasteiger partial charge in [0.1, 0.15) is 0 Å². The van der Waals surface area contributed by atoms with Crippen LogP contribution in [0.1, 0.15) is 0 Å². The molecule has 0 aliphatic heterocycles. The Morgan fingerprint density at radius 3 is 2.14 bits per heavy atom. The molecule has 7 heavy (non-hydrogen) atoms. The normalized spacial score (nSPS) is 5.57. The summed E-state index contributed by atoms with van der Waals surface area (Å²) in [6, 6.07) is 0. The van der Waals surface area contributed by atoms with E-state index in [2.05, 4.69) is 10.7 Å². The van der Waals surface area contributed by atoms with Crippen LogP contribution in [0.3, 0.4) is 0 Å². The molecule has 0 aliphatic rings. The fourth-order valence-electron chi connectivity index (χ4n) is 0.0289. The van der Waals surface area contributed by atoms with E-state index in [-0.39, 0.29) is 35.0 Å². The van der Waals surface area contributed by atoms with E-state index in [0.717, 1.165) is 0 Å². The van der Waals surface area contributed by atoms with Gasteiger partial charge < -0.3 is 21.5 Å². The first-order chi connectivity index (χ1) is 2.41.